The lowest BCUT2D eigenvalue weighted by atomic mass is 10.00. The van der Waals surface area contributed by atoms with Crippen molar-refractivity contribution in [3.05, 3.63) is 77.1 Å². The molecule has 29 heavy (non-hydrogen) atoms. The molecular weight excluding hydrogens is 391 g/mol. The Morgan fingerprint density at radius 3 is 2.48 bits per heavy atom. The molecule has 0 heterocycles. The van der Waals surface area contributed by atoms with Crippen LogP contribution in [0.15, 0.2) is 60.7 Å². The van der Waals surface area contributed by atoms with Crippen molar-refractivity contribution in [2.45, 2.75) is 26.3 Å². The summed E-state index contributed by atoms with van der Waals surface area (Å²) in [5, 5.41) is 7.60. The third kappa shape index (κ3) is 5.12. The van der Waals surface area contributed by atoms with E-state index in [9.17, 15) is 14.0 Å². The zero-order valence-corrected chi connectivity index (χ0v) is 17.0. The number of halogens is 2. The Balaban J connectivity index is 1.72. The molecule has 2 N–H and O–H groups in total. The van der Waals surface area contributed by atoms with Crippen LogP contribution < -0.4 is 10.6 Å². The number of anilines is 1. The number of nitrogens with one attached hydrogen (secondary N) is 2. The molecule has 2 amide bonds. The minimum Gasteiger partial charge on any atom is -0.344 e. The molecule has 6 heteroatoms. The maximum atomic E-state index is 14.0. The lowest BCUT2D eigenvalue weighted by Gasteiger charge is -2.22. The number of hydrogen-bond donors (Lipinski definition) is 2. The molecule has 3 aromatic carbocycles. The van der Waals surface area contributed by atoms with Gasteiger partial charge in [-0.2, -0.15) is 0 Å². The Kier molecular flexibility index (Phi) is 6.49. The van der Waals surface area contributed by atoms with Crippen LogP contribution in [0.4, 0.5) is 10.1 Å². The summed E-state index contributed by atoms with van der Waals surface area (Å²) in [6.45, 7) is 3.64. The van der Waals surface area contributed by atoms with Crippen molar-refractivity contribution >= 4 is 39.9 Å². The molecule has 3 aromatic rings. The molecule has 0 unspecified atom stereocenters. The first-order valence-electron chi connectivity index (χ1n) is 9.37. The summed E-state index contributed by atoms with van der Waals surface area (Å²) in [6, 6.07) is 16.8. The van der Waals surface area contributed by atoms with E-state index in [4.69, 9.17) is 11.6 Å². The Morgan fingerprint density at radius 2 is 1.76 bits per heavy atom. The second-order valence-electron chi connectivity index (χ2n) is 7.22. The molecule has 0 aliphatic rings. The minimum absolute atomic E-state index is 0.0216. The predicted molar refractivity (Wildman–Crippen MR) is 114 cm³/mol. The number of benzene rings is 3. The van der Waals surface area contributed by atoms with Crippen LogP contribution in [-0.4, -0.2) is 17.9 Å². The van der Waals surface area contributed by atoms with Crippen LogP contribution >= 0.6 is 11.6 Å². The van der Waals surface area contributed by atoms with Crippen LogP contribution in [0.25, 0.3) is 10.8 Å². The summed E-state index contributed by atoms with van der Waals surface area (Å²) in [7, 11) is 0. The van der Waals surface area contributed by atoms with Crippen LogP contribution in [0.2, 0.25) is 5.02 Å². The number of rotatable bonds is 6. The van der Waals surface area contributed by atoms with Crippen molar-refractivity contribution in [1.29, 1.82) is 0 Å². The topological polar surface area (TPSA) is 58.2 Å². The third-order valence-corrected chi connectivity index (χ3v) is 4.92. The van der Waals surface area contributed by atoms with E-state index in [1.165, 1.54) is 12.1 Å². The second-order valence-corrected chi connectivity index (χ2v) is 7.65. The first-order valence-corrected chi connectivity index (χ1v) is 9.75. The van der Waals surface area contributed by atoms with Gasteiger partial charge in [-0.3, -0.25) is 9.59 Å². The molecule has 4 nitrogen and oxygen atoms in total. The van der Waals surface area contributed by atoms with Gasteiger partial charge < -0.3 is 10.6 Å². The van der Waals surface area contributed by atoms with E-state index in [-0.39, 0.29) is 29.0 Å². The quantitative estimate of drug-likeness (QED) is 0.601. The lowest BCUT2D eigenvalue weighted by Crippen LogP contribution is -2.47. The normalized spacial score (nSPS) is 12.0. The largest absolute Gasteiger partial charge is 0.344 e. The lowest BCUT2D eigenvalue weighted by molar-refractivity contribution is -0.127. The van der Waals surface area contributed by atoms with Gasteiger partial charge in [0.15, 0.2) is 0 Å². The van der Waals surface area contributed by atoms with Crippen molar-refractivity contribution in [2.75, 3.05) is 5.32 Å². The molecule has 0 spiro atoms. The van der Waals surface area contributed by atoms with E-state index in [0.717, 1.165) is 22.4 Å². The van der Waals surface area contributed by atoms with Gasteiger partial charge in [0.05, 0.1) is 12.1 Å². The summed E-state index contributed by atoms with van der Waals surface area (Å²) < 4.78 is 14.0. The van der Waals surface area contributed by atoms with Crippen molar-refractivity contribution in [3.8, 4) is 0 Å². The first kappa shape index (κ1) is 20.8. The van der Waals surface area contributed by atoms with Gasteiger partial charge in [0.25, 0.3) is 0 Å². The van der Waals surface area contributed by atoms with Crippen molar-refractivity contribution in [3.63, 3.8) is 0 Å². The summed E-state index contributed by atoms with van der Waals surface area (Å²) >= 11 is 5.74. The first-order chi connectivity index (χ1) is 13.8. The van der Waals surface area contributed by atoms with E-state index >= 15 is 0 Å². The SMILES string of the molecule is CC(C)[C@H](NC(=O)Cc1cccc2ccccc12)C(=O)Nc1ccc(Cl)cc1F. The smallest absolute Gasteiger partial charge is 0.247 e. The Bertz CT molecular complexity index is 1050. The predicted octanol–water partition coefficient (Wildman–Crippen LogP) is 4.95. The maximum absolute atomic E-state index is 14.0. The summed E-state index contributed by atoms with van der Waals surface area (Å²) in [4.78, 5) is 25.3. The average Bonchev–Trinajstić information content (AvgIpc) is 2.68. The molecule has 0 radical (unpaired) electrons. The third-order valence-electron chi connectivity index (χ3n) is 4.69. The Hall–Kier alpha value is -2.92. The molecule has 0 saturated carbocycles. The van der Waals surface area contributed by atoms with Crippen molar-refractivity contribution in [2.24, 2.45) is 5.92 Å². The van der Waals surface area contributed by atoms with Crippen LogP contribution in [0, 0.1) is 11.7 Å². The van der Waals surface area contributed by atoms with Gasteiger partial charge in [0, 0.05) is 5.02 Å². The minimum atomic E-state index is -0.799. The summed E-state index contributed by atoms with van der Waals surface area (Å²) in [6.07, 6.45) is 0.146. The van der Waals surface area contributed by atoms with Crippen molar-refractivity contribution < 1.29 is 14.0 Å². The highest BCUT2D eigenvalue weighted by atomic mass is 35.5. The van der Waals surface area contributed by atoms with Crippen LogP contribution in [0.5, 0.6) is 0 Å². The molecule has 0 aliphatic heterocycles. The Morgan fingerprint density at radius 1 is 1.03 bits per heavy atom. The molecular formula is C23H22ClFN2O2. The number of carbonyl (C=O) groups is 2. The number of carbonyl (C=O) groups excluding carboxylic acids is 2. The zero-order chi connectivity index (χ0) is 21.0. The molecule has 0 aromatic heterocycles. The fourth-order valence-corrected chi connectivity index (χ4v) is 3.34. The zero-order valence-electron chi connectivity index (χ0n) is 16.2. The Labute approximate surface area is 174 Å². The molecule has 3 rings (SSSR count). The number of fused-ring (bicyclic) bond motifs is 1. The number of hydrogen-bond acceptors (Lipinski definition) is 2. The maximum Gasteiger partial charge on any atom is 0.247 e. The highest BCUT2D eigenvalue weighted by Gasteiger charge is 2.25. The van der Waals surface area contributed by atoms with Gasteiger partial charge in [0.2, 0.25) is 11.8 Å². The fourth-order valence-electron chi connectivity index (χ4n) is 3.18. The van der Waals surface area contributed by atoms with E-state index in [2.05, 4.69) is 10.6 Å². The molecule has 0 aliphatic carbocycles. The second kappa shape index (κ2) is 9.05. The monoisotopic (exact) mass is 412 g/mol. The van der Waals surface area contributed by atoms with Crippen LogP contribution in [0.3, 0.4) is 0 Å². The van der Waals surface area contributed by atoms with Gasteiger partial charge in [-0.1, -0.05) is 67.9 Å². The molecule has 1 atom stereocenters. The van der Waals surface area contributed by atoms with Gasteiger partial charge >= 0.3 is 0 Å². The summed E-state index contributed by atoms with van der Waals surface area (Å²) in [5.74, 6) is -1.56. The summed E-state index contributed by atoms with van der Waals surface area (Å²) in [5.41, 5.74) is 0.903. The molecule has 150 valence electrons. The van der Waals surface area contributed by atoms with Gasteiger partial charge in [-0.15, -0.1) is 0 Å². The molecule has 0 saturated heterocycles. The highest BCUT2D eigenvalue weighted by Crippen LogP contribution is 2.21. The van der Waals surface area contributed by atoms with E-state index < -0.39 is 17.8 Å². The van der Waals surface area contributed by atoms with E-state index in [1.54, 1.807) is 0 Å². The van der Waals surface area contributed by atoms with Crippen LogP contribution in [-0.2, 0) is 16.0 Å². The van der Waals surface area contributed by atoms with Gasteiger partial charge in [-0.25, -0.2) is 4.39 Å². The van der Waals surface area contributed by atoms with Gasteiger partial charge in [0.1, 0.15) is 11.9 Å². The van der Waals surface area contributed by atoms with Crippen molar-refractivity contribution in [1.82, 2.24) is 5.32 Å². The van der Waals surface area contributed by atoms with Crippen LogP contribution in [0.1, 0.15) is 19.4 Å². The number of amides is 2. The molecule has 0 fully saturated rings. The molecule has 0 bridgehead atoms. The van der Waals surface area contributed by atoms with E-state index in [0.29, 0.717) is 0 Å². The van der Waals surface area contributed by atoms with Gasteiger partial charge in [-0.05, 0) is 40.5 Å². The fraction of sp³-hybridized carbons (Fsp3) is 0.217. The average molecular weight is 413 g/mol. The standard InChI is InChI=1S/C23H22ClFN2O2/c1-14(2)22(23(29)26-20-11-10-17(24)13-19(20)25)27-21(28)12-16-8-5-7-15-6-3-4-9-18(15)16/h3-11,13-14,22H,12H2,1-2H3,(H,26,29)(H,27,28)/t22-/m0/s1. The van der Waals surface area contributed by atoms with E-state index in [1.807, 2.05) is 56.3 Å². The highest BCUT2D eigenvalue weighted by molar-refractivity contribution is 6.30.